The molecule has 0 radical (unpaired) electrons. The minimum absolute atomic E-state index is 0.0557. The summed E-state index contributed by atoms with van der Waals surface area (Å²) in [6.45, 7) is 3.44. The topological polar surface area (TPSA) is 82.5 Å². The number of carbonyl (C=O) groups excluding carboxylic acids is 1. The van der Waals surface area contributed by atoms with E-state index >= 15 is 0 Å². The summed E-state index contributed by atoms with van der Waals surface area (Å²) in [5.41, 5.74) is 0.583. The van der Waals surface area contributed by atoms with Gasteiger partial charge in [-0.1, -0.05) is 0 Å². The van der Waals surface area contributed by atoms with Crippen LogP contribution in [-0.4, -0.2) is 41.5 Å². The molecule has 104 valence electrons. The fraction of sp³-hybridized carbons (Fsp3) is 0.583. The lowest BCUT2D eigenvalue weighted by molar-refractivity contribution is -0.119. The molecule has 2 rings (SSSR count). The van der Waals surface area contributed by atoms with Crippen LogP contribution in [0.25, 0.3) is 0 Å². The largest absolute Gasteiger partial charge is 0.478 e. The van der Waals surface area contributed by atoms with Crippen LogP contribution in [0.4, 0.5) is 5.00 Å². The second-order valence-corrected chi connectivity index (χ2v) is 5.52. The van der Waals surface area contributed by atoms with Crippen molar-refractivity contribution in [3.8, 4) is 0 Å². The third kappa shape index (κ3) is 2.93. The number of hydrogen-bond acceptors (Lipinski definition) is 5. The minimum atomic E-state index is -1.04. The van der Waals surface area contributed by atoms with Gasteiger partial charge < -0.3 is 15.3 Å². The molecule has 0 spiro atoms. The Bertz CT molecular complexity index is 494. The van der Waals surface area contributed by atoms with Crippen molar-refractivity contribution in [3.05, 3.63) is 11.3 Å². The van der Waals surface area contributed by atoms with Gasteiger partial charge in [0.05, 0.1) is 5.69 Å². The van der Waals surface area contributed by atoms with E-state index in [1.54, 1.807) is 14.0 Å². The molecule has 1 aliphatic rings. The van der Waals surface area contributed by atoms with Crippen LogP contribution in [0.5, 0.6) is 0 Å². The Morgan fingerprint density at radius 1 is 1.58 bits per heavy atom. The molecule has 1 unspecified atom stereocenters. The maximum atomic E-state index is 12.2. The maximum Gasteiger partial charge on any atom is 0.340 e. The molecule has 2 N–H and O–H groups in total. The summed E-state index contributed by atoms with van der Waals surface area (Å²) >= 11 is 1.06. The standard InChI is InChI=1S/C12H17N3O3S/c1-7-10(12(17)18)11(19-14-7)15(2)9(16)5-8-3-4-13-6-8/h8,13H,3-6H2,1-2H3,(H,17,18). The Morgan fingerprint density at radius 2 is 2.32 bits per heavy atom. The Kier molecular flexibility index (Phi) is 4.16. The van der Waals surface area contributed by atoms with Crippen LogP contribution in [-0.2, 0) is 4.79 Å². The number of nitrogens with one attached hydrogen (secondary N) is 1. The van der Waals surface area contributed by atoms with Gasteiger partial charge in [0, 0.05) is 13.5 Å². The molecule has 0 saturated carbocycles. The van der Waals surface area contributed by atoms with Gasteiger partial charge in [0.25, 0.3) is 0 Å². The quantitative estimate of drug-likeness (QED) is 0.865. The number of amides is 1. The summed E-state index contributed by atoms with van der Waals surface area (Å²) in [5.74, 6) is -0.750. The zero-order valence-corrected chi connectivity index (χ0v) is 11.8. The van der Waals surface area contributed by atoms with Crippen molar-refractivity contribution in [2.45, 2.75) is 19.8 Å². The zero-order valence-electron chi connectivity index (χ0n) is 11.0. The number of aromatic nitrogens is 1. The molecule has 19 heavy (non-hydrogen) atoms. The van der Waals surface area contributed by atoms with Crippen LogP contribution in [0.2, 0.25) is 0 Å². The predicted molar refractivity (Wildman–Crippen MR) is 72.8 cm³/mol. The molecule has 2 heterocycles. The van der Waals surface area contributed by atoms with Gasteiger partial charge in [0.15, 0.2) is 0 Å². The van der Waals surface area contributed by atoms with Crippen molar-refractivity contribution in [1.82, 2.24) is 9.69 Å². The molecule has 1 aliphatic heterocycles. The van der Waals surface area contributed by atoms with Crippen molar-refractivity contribution in [2.75, 3.05) is 25.0 Å². The first-order valence-electron chi connectivity index (χ1n) is 6.17. The normalized spacial score (nSPS) is 18.5. The smallest absolute Gasteiger partial charge is 0.340 e. The first-order chi connectivity index (χ1) is 9.00. The fourth-order valence-corrected chi connectivity index (χ4v) is 3.08. The van der Waals surface area contributed by atoms with Crippen molar-refractivity contribution in [2.24, 2.45) is 5.92 Å². The summed E-state index contributed by atoms with van der Waals surface area (Å²) < 4.78 is 4.03. The van der Waals surface area contributed by atoms with E-state index in [-0.39, 0.29) is 11.5 Å². The molecule has 0 bridgehead atoms. The van der Waals surface area contributed by atoms with Gasteiger partial charge in [0.1, 0.15) is 10.6 Å². The minimum Gasteiger partial charge on any atom is -0.478 e. The summed E-state index contributed by atoms with van der Waals surface area (Å²) in [5, 5.41) is 12.8. The molecule has 6 nitrogen and oxygen atoms in total. The van der Waals surface area contributed by atoms with Crippen molar-refractivity contribution >= 4 is 28.4 Å². The molecular weight excluding hydrogens is 266 g/mol. The van der Waals surface area contributed by atoms with E-state index in [4.69, 9.17) is 5.11 Å². The predicted octanol–water partition coefficient (Wildman–Crippen LogP) is 1.11. The number of anilines is 1. The summed E-state index contributed by atoms with van der Waals surface area (Å²) in [6.07, 6.45) is 1.44. The lowest BCUT2D eigenvalue weighted by Gasteiger charge is -2.17. The summed E-state index contributed by atoms with van der Waals surface area (Å²) in [6, 6.07) is 0. The number of carboxylic acid groups (broad SMARTS) is 1. The van der Waals surface area contributed by atoms with Gasteiger partial charge in [-0.3, -0.25) is 4.79 Å². The first-order valence-corrected chi connectivity index (χ1v) is 6.95. The van der Waals surface area contributed by atoms with Gasteiger partial charge in [-0.05, 0) is 43.9 Å². The molecule has 1 saturated heterocycles. The molecule has 7 heteroatoms. The average Bonchev–Trinajstić information content (AvgIpc) is 2.97. The number of carboxylic acids is 1. The molecule has 1 atom stereocenters. The highest BCUT2D eigenvalue weighted by atomic mass is 32.1. The number of carbonyl (C=O) groups is 2. The highest BCUT2D eigenvalue weighted by Crippen LogP contribution is 2.29. The monoisotopic (exact) mass is 283 g/mol. The van der Waals surface area contributed by atoms with Crippen LogP contribution < -0.4 is 10.2 Å². The van der Waals surface area contributed by atoms with Crippen LogP contribution >= 0.6 is 11.5 Å². The zero-order chi connectivity index (χ0) is 14.0. The summed E-state index contributed by atoms with van der Waals surface area (Å²) in [4.78, 5) is 24.8. The van der Waals surface area contributed by atoms with E-state index in [1.165, 1.54) is 4.90 Å². The molecule has 1 amide bonds. The van der Waals surface area contributed by atoms with E-state index in [1.807, 2.05) is 0 Å². The highest BCUT2D eigenvalue weighted by molar-refractivity contribution is 7.11. The molecule has 0 aromatic carbocycles. The molecule has 1 aromatic rings. The van der Waals surface area contributed by atoms with E-state index < -0.39 is 5.97 Å². The van der Waals surface area contributed by atoms with Crippen molar-refractivity contribution in [3.63, 3.8) is 0 Å². The Hall–Kier alpha value is -1.47. The van der Waals surface area contributed by atoms with Gasteiger partial charge in [0.2, 0.25) is 5.91 Å². The average molecular weight is 283 g/mol. The van der Waals surface area contributed by atoms with Gasteiger partial charge >= 0.3 is 5.97 Å². The summed E-state index contributed by atoms with van der Waals surface area (Å²) in [7, 11) is 1.62. The third-order valence-corrected chi connectivity index (χ3v) is 4.38. The van der Waals surface area contributed by atoms with E-state index in [2.05, 4.69) is 9.69 Å². The van der Waals surface area contributed by atoms with E-state index in [0.717, 1.165) is 31.0 Å². The third-order valence-electron chi connectivity index (χ3n) is 3.36. The van der Waals surface area contributed by atoms with Crippen molar-refractivity contribution in [1.29, 1.82) is 0 Å². The van der Waals surface area contributed by atoms with Gasteiger partial charge in [-0.15, -0.1) is 0 Å². The number of aromatic carboxylic acids is 1. The van der Waals surface area contributed by atoms with E-state index in [9.17, 15) is 9.59 Å². The molecular formula is C12H17N3O3S. The lowest BCUT2D eigenvalue weighted by Crippen LogP contribution is -2.29. The number of aryl methyl sites for hydroxylation is 1. The number of rotatable bonds is 4. The SMILES string of the molecule is Cc1nsc(N(C)C(=O)CC2CCNC2)c1C(=O)O. The van der Waals surface area contributed by atoms with Gasteiger partial charge in [-0.25, -0.2) is 4.79 Å². The first kappa shape index (κ1) is 14.0. The Balaban J connectivity index is 2.12. The second-order valence-electron chi connectivity index (χ2n) is 4.77. The molecule has 0 aliphatic carbocycles. The van der Waals surface area contributed by atoms with Crippen LogP contribution in [0.15, 0.2) is 0 Å². The highest BCUT2D eigenvalue weighted by Gasteiger charge is 2.26. The van der Waals surface area contributed by atoms with Crippen molar-refractivity contribution < 1.29 is 14.7 Å². The number of nitrogens with zero attached hydrogens (tertiary/aromatic N) is 2. The van der Waals surface area contributed by atoms with Crippen LogP contribution in [0, 0.1) is 12.8 Å². The number of hydrogen-bond donors (Lipinski definition) is 2. The Morgan fingerprint density at radius 3 is 2.89 bits per heavy atom. The molecule has 1 aromatic heterocycles. The van der Waals surface area contributed by atoms with E-state index in [0.29, 0.717) is 23.0 Å². The fourth-order valence-electron chi connectivity index (χ4n) is 2.22. The Labute approximate surface area is 115 Å². The molecule has 1 fully saturated rings. The van der Waals surface area contributed by atoms with Gasteiger partial charge in [-0.2, -0.15) is 4.37 Å². The van der Waals surface area contributed by atoms with Crippen LogP contribution in [0.1, 0.15) is 28.9 Å². The lowest BCUT2D eigenvalue weighted by atomic mass is 10.0. The maximum absolute atomic E-state index is 12.2. The second kappa shape index (κ2) is 5.66. The van der Waals surface area contributed by atoms with Crippen LogP contribution in [0.3, 0.4) is 0 Å².